The smallest absolute Gasteiger partial charge is 0.318 e. The molecular weight excluding hydrogens is 182 g/mol. The fourth-order valence-corrected chi connectivity index (χ4v) is 0.773. The van der Waals surface area contributed by atoms with E-state index in [1.807, 2.05) is 0 Å². The SMILES string of the molecule is C#CCNC(=N)C(C=CCN)C(=O)O. The number of rotatable bonds is 5. The maximum Gasteiger partial charge on any atom is 0.318 e. The van der Waals surface area contributed by atoms with Gasteiger partial charge in [0.1, 0.15) is 11.8 Å². The largest absolute Gasteiger partial charge is 0.480 e. The number of carbonyl (C=O) groups is 1. The van der Waals surface area contributed by atoms with E-state index in [9.17, 15) is 4.79 Å². The molecule has 0 aromatic rings. The van der Waals surface area contributed by atoms with E-state index in [4.69, 9.17) is 22.7 Å². The van der Waals surface area contributed by atoms with Gasteiger partial charge in [-0.2, -0.15) is 0 Å². The highest BCUT2D eigenvalue weighted by atomic mass is 16.4. The number of nitrogens with one attached hydrogen (secondary N) is 2. The summed E-state index contributed by atoms with van der Waals surface area (Å²) < 4.78 is 0. The fourth-order valence-electron chi connectivity index (χ4n) is 0.773. The van der Waals surface area contributed by atoms with Crippen LogP contribution in [0, 0.1) is 23.7 Å². The Labute approximate surface area is 82.5 Å². The number of carboxylic acid groups (broad SMARTS) is 1. The minimum absolute atomic E-state index is 0.138. The van der Waals surface area contributed by atoms with Crippen LogP contribution in [0.5, 0.6) is 0 Å². The highest BCUT2D eigenvalue weighted by molar-refractivity contribution is 6.00. The Morgan fingerprint density at radius 2 is 2.43 bits per heavy atom. The lowest BCUT2D eigenvalue weighted by Gasteiger charge is -2.09. The molecule has 0 aliphatic heterocycles. The number of nitrogens with two attached hydrogens (primary N) is 1. The molecule has 0 aromatic heterocycles. The summed E-state index contributed by atoms with van der Waals surface area (Å²) in [6.07, 6.45) is 7.80. The molecule has 0 aliphatic carbocycles. The van der Waals surface area contributed by atoms with Gasteiger partial charge in [-0.05, 0) is 0 Å². The van der Waals surface area contributed by atoms with E-state index in [1.54, 1.807) is 0 Å². The average molecular weight is 195 g/mol. The molecule has 14 heavy (non-hydrogen) atoms. The highest BCUT2D eigenvalue weighted by Crippen LogP contribution is 1.99. The second kappa shape index (κ2) is 6.69. The minimum atomic E-state index is -1.11. The molecule has 0 rings (SSSR count). The van der Waals surface area contributed by atoms with Crippen molar-refractivity contribution in [2.75, 3.05) is 13.1 Å². The molecule has 1 atom stereocenters. The third kappa shape index (κ3) is 4.28. The van der Waals surface area contributed by atoms with Crippen LogP contribution in [0.1, 0.15) is 0 Å². The molecule has 0 fully saturated rings. The first kappa shape index (κ1) is 12.2. The van der Waals surface area contributed by atoms with Crippen LogP contribution in [0.2, 0.25) is 0 Å². The molecular formula is C9H13N3O2. The summed E-state index contributed by atoms with van der Waals surface area (Å²) in [7, 11) is 0. The van der Waals surface area contributed by atoms with Gasteiger partial charge in [0.15, 0.2) is 0 Å². The van der Waals surface area contributed by atoms with Gasteiger partial charge in [-0.3, -0.25) is 10.2 Å². The van der Waals surface area contributed by atoms with Gasteiger partial charge >= 0.3 is 5.97 Å². The van der Waals surface area contributed by atoms with E-state index >= 15 is 0 Å². The number of hydrogen-bond donors (Lipinski definition) is 4. The highest BCUT2D eigenvalue weighted by Gasteiger charge is 2.18. The standard InChI is InChI=1S/C9H13N3O2/c1-2-6-12-8(11)7(9(13)14)4-3-5-10/h1,3-4,7H,5-6,10H2,(H2,11,12)(H,13,14). The van der Waals surface area contributed by atoms with Crippen molar-refractivity contribution in [3.63, 3.8) is 0 Å². The predicted octanol–water partition coefficient (Wildman–Crippen LogP) is -0.598. The van der Waals surface area contributed by atoms with Crippen LogP contribution >= 0.6 is 0 Å². The number of hydrogen-bond acceptors (Lipinski definition) is 3. The molecule has 5 heteroatoms. The van der Waals surface area contributed by atoms with E-state index in [1.165, 1.54) is 12.2 Å². The Bertz CT molecular complexity index is 278. The van der Waals surface area contributed by atoms with Gasteiger partial charge in [0.05, 0.1) is 6.54 Å². The molecule has 0 spiro atoms. The molecule has 0 bridgehead atoms. The minimum Gasteiger partial charge on any atom is -0.480 e. The van der Waals surface area contributed by atoms with E-state index in [0.29, 0.717) is 0 Å². The number of terminal acetylenes is 1. The molecule has 0 amide bonds. The van der Waals surface area contributed by atoms with Crippen molar-refractivity contribution < 1.29 is 9.90 Å². The predicted molar refractivity (Wildman–Crippen MR) is 53.9 cm³/mol. The van der Waals surface area contributed by atoms with E-state index < -0.39 is 11.9 Å². The summed E-state index contributed by atoms with van der Waals surface area (Å²) in [5.41, 5.74) is 5.17. The Balaban J connectivity index is 4.35. The van der Waals surface area contributed by atoms with Crippen molar-refractivity contribution in [3.8, 4) is 12.3 Å². The Morgan fingerprint density at radius 1 is 1.79 bits per heavy atom. The van der Waals surface area contributed by atoms with Crippen molar-refractivity contribution in [1.29, 1.82) is 5.41 Å². The molecule has 1 unspecified atom stereocenters. The second-order valence-electron chi connectivity index (χ2n) is 2.45. The maximum atomic E-state index is 10.7. The first-order valence-corrected chi connectivity index (χ1v) is 3.98. The lowest BCUT2D eigenvalue weighted by Crippen LogP contribution is -2.33. The lowest BCUT2D eigenvalue weighted by molar-refractivity contribution is -0.138. The van der Waals surface area contributed by atoms with Crippen LogP contribution in [0.15, 0.2) is 12.2 Å². The quantitative estimate of drug-likeness (QED) is 0.204. The number of amidine groups is 1. The lowest BCUT2D eigenvalue weighted by atomic mass is 10.1. The molecule has 0 saturated heterocycles. The van der Waals surface area contributed by atoms with Gasteiger partial charge in [-0.15, -0.1) is 6.42 Å². The first-order chi connectivity index (χ1) is 6.63. The Hall–Kier alpha value is -1.80. The first-order valence-electron chi connectivity index (χ1n) is 3.98. The summed E-state index contributed by atoms with van der Waals surface area (Å²) in [6, 6.07) is 0. The fraction of sp³-hybridized carbons (Fsp3) is 0.333. The average Bonchev–Trinajstić information content (AvgIpc) is 2.14. The van der Waals surface area contributed by atoms with Gasteiger partial charge in [0.25, 0.3) is 0 Å². The van der Waals surface area contributed by atoms with Crippen LogP contribution < -0.4 is 11.1 Å². The molecule has 0 aliphatic rings. The van der Waals surface area contributed by atoms with Crippen molar-refractivity contribution in [3.05, 3.63) is 12.2 Å². The summed E-state index contributed by atoms with van der Waals surface area (Å²) in [5.74, 6) is 0.00138. The van der Waals surface area contributed by atoms with Crippen LogP contribution in [0.25, 0.3) is 0 Å². The zero-order valence-corrected chi connectivity index (χ0v) is 7.66. The molecule has 0 saturated carbocycles. The molecule has 0 radical (unpaired) electrons. The molecule has 0 heterocycles. The van der Waals surface area contributed by atoms with E-state index in [-0.39, 0.29) is 18.9 Å². The van der Waals surface area contributed by atoms with Crippen molar-refractivity contribution in [2.24, 2.45) is 11.7 Å². The van der Waals surface area contributed by atoms with Crippen molar-refractivity contribution >= 4 is 11.8 Å². The van der Waals surface area contributed by atoms with Gasteiger partial charge in [-0.25, -0.2) is 0 Å². The molecule has 76 valence electrons. The zero-order valence-electron chi connectivity index (χ0n) is 7.66. The van der Waals surface area contributed by atoms with Crippen LogP contribution in [-0.2, 0) is 4.79 Å². The van der Waals surface area contributed by atoms with E-state index in [0.717, 1.165) is 0 Å². The third-order valence-corrected chi connectivity index (χ3v) is 1.42. The van der Waals surface area contributed by atoms with Crippen molar-refractivity contribution in [2.45, 2.75) is 0 Å². The van der Waals surface area contributed by atoms with Crippen LogP contribution in [0.4, 0.5) is 0 Å². The number of carboxylic acids is 1. The second-order valence-corrected chi connectivity index (χ2v) is 2.45. The third-order valence-electron chi connectivity index (χ3n) is 1.42. The summed E-state index contributed by atoms with van der Waals surface area (Å²) >= 11 is 0. The van der Waals surface area contributed by atoms with Gasteiger partial charge < -0.3 is 16.2 Å². The summed E-state index contributed by atoms with van der Waals surface area (Å²) in [5, 5.41) is 18.6. The monoisotopic (exact) mass is 195 g/mol. The van der Waals surface area contributed by atoms with Gasteiger partial charge in [0, 0.05) is 6.54 Å². The molecule has 5 nitrogen and oxygen atoms in total. The van der Waals surface area contributed by atoms with Crippen LogP contribution in [-0.4, -0.2) is 30.0 Å². The molecule has 0 aromatic carbocycles. The topological polar surface area (TPSA) is 99.2 Å². The molecule has 5 N–H and O–H groups in total. The van der Waals surface area contributed by atoms with Gasteiger partial charge in [-0.1, -0.05) is 18.1 Å². The normalized spacial score (nSPS) is 12.0. The van der Waals surface area contributed by atoms with Crippen LogP contribution in [0.3, 0.4) is 0 Å². The van der Waals surface area contributed by atoms with E-state index in [2.05, 4.69) is 11.2 Å². The maximum absolute atomic E-state index is 10.7. The number of aliphatic carboxylic acids is 1. The summed E-state index contributed by atoms with van der Waals surface area (Å²) in [4.78, 5) is 10.7. The summed E-state index contributed by atoms with van der Waals surface area (Å²) in [6.45, 7) is 0.380. The Morgan fingerprint density at radius 3 is 2.86 bits per heavy atom. The van der Waals surface area contributed by atoms with Crippen molar-refractivity contribution in [1.82, 2.24) is 5.32 Å². The zero-order chi connectivity index (χ0) is 11.0. The van der Waals surface area contributed by atoms with Gasteiger partial charge in [0.2, 0.25) is 0 Å². The Kier molecular flexibility index (Phi) is 5.83.